The van der Waals surface area contributed by atoms with Crippen molar-refractivity contribution in [3.05, 3.63) is 66.4 Å². The average Bonchev–Trinajstić information content (AvgIpc) is 2.55. The van der Waals surface area contributed by atoms with Crippen LogP contribution in [0.1, 0.15) is 11.7 Å². The molecule has 3 rings (SSSR count). The van der Waals surface area contributed by atoms with Crippen LogP contribution in [-0.2, 0) is 0 Å². The van der Waals surface area contributed by atoms with E-state index in [1.807, 2.05) is 54.6 Å². The molecule has 2 aromatic carbocycles. The molecule has 0 saturated carbocycles. The van der Waals surface area contributed by atoms with Crippen LogP contribution in [0.3, 0.4) is 0 Å². The molecule has 3 aromatic rings. The monoisotopic (exact) mass is 279 g/mol. The van der Waals surface area contributed by atoms with Crippen molar-refractivity contribution in [2.24, 2.45) is 0 Å². The first kappa shape index (κ1) is 13.4. The van der Waals surface area contributed by atoms with E-state index < -0.39 is 6.10 Å². The summed E-state index contributed by atoms with van der Waals surface area (Å²) in [6.45, 7) is 0.416. The van der Waals surface area contributed by atoms with Crippen molar-refractivity contribution >= 4 is 22.3 Å². The first-order valence-electron chi connectivity index (χ1n) is 6.86. The van der Waals surface area contributed by atoms with Crippen LogP contribution in [0.4, 0.5) is 11.4 Å². The van der Waals surface area contributed by atoms with E-state index in [0.717, 1.165) is 22.2 Å². The third-order valence-corrected chi connectivity index (χ3v) is 3.47. The minimum atomic E-state index is -0.567. The van der Waals surface area contributed by atoms with E-state index in [-0.39, 0.29) is 0 Å². The van der Waals surface area contributed by atoms with Gasteiger partial charge in [-0.3, -0.25) is 4.98 Å². The molecule has 4 N–H and O–H groups in total. The van der Waals surface area contributed by atoms with Gasteiger partial charge in [-0.05, 0) is 29.8 Å². The van der Waals surface area contributed by atoms with E-state index >= 15 is 0 Å². The largest absolute Gasteiger partial charge is 0.398 e. The molecule has 1 atom stereocenters. The standard InChI is InChI=1S/C17H17N3O/c18-14-8-9-15(17-13(14)7-4-10-19-17)20-11-16(21)12-5-2-1-3-6-12/h1-10,16,20-21H,11,18H2. The first-order valence-corrected chi connectivity index (χ1v) is 6.86. The molecule has 0 aliphatic rings. The number of aromatic nitrogens is 1. The van der Waals surface area contributed by atoms with Gasteiger partial charge in [0.25, 0.3) is 0 Å². The maximum Gasteiger partial charge on any atom is 0.0962 e. The lowest BCUT2D eigenvalue weighted by Gasteiger charge is -2.14. The minimum Gasteiger partial charge on any atom is -0.398 e. The Morgan fingerprint density at radius 2 is 1.86 bits per heavy atom. The van der Waals surface area contributed by atoms with Gasteiger partial charge in [0.15, 0.2) is 0 Å². The second-order valence-electron chi connectivity index (χ2n) is 4.91. The van der Waals surface area contributed by atoms with Crippen LogP contribution in [0.15, 0.2) is 60.8 Å². The number of nitrogen functional groups attached to an aromatic ring is 1. The summed E-state index contributed by atoms with van der Waals surface area (Å²) >= 11 is 0. The van der Waals surface area contributed by atoms with E-state index in [0.29, 0.717) is 12.2 Å². The predicted octanol–water partition coefficient (Wildman–Crippen LogP) is 2.96. The van der Waals surface area contributed by atoms with Crippen molar-refractivity contribution < 1.29 is 5.11 Å². The molecule has 0 amide bonds. The second-order valence-corrected chi connectivity index (χ2v) is 4.91. The highest BCUT2D eigenvalue weighted by atomic mass is 16.3. The molecule has 1 heterocycles. The number of nitrogens with zero attached hydrogens (tertiary/aromatic N) is 1. The van der Waals surface area contributed by atoms with E-state index in [2.05, 4.69) is 10.3 Å². The highest BCUT2D eigenvalue weighted by molar-refractivity contribution is 5.98. The zero-order valence-corrected chi connectivity index (χ0v) is 11.5. The lowest BCUT2D eigenvalue weighted by atomic mass is 10.1. The number of hydrogen-bond acceptors (Lipinski definition) is 4. The normalized spacial score (nSPS) is 12.2. The number of nitrogens with two attached hydrogens (primary N) is 1. The van der Waals surface area contributed by atoms with Crippen molar-refractivity contribution in [2.75, 3.05) is 17.6 Å². The van der Waals surface area contributed by atoms with Gasteiger partial charge in [0.1, 0.15) is 0 Å². The molecule has 0 radical (unpaired) electrons. The number of pyridine rings is 1. The Labute approximate surface area is 123 Å². The molecule has 0 saturated heterocycles. The van der Waals surface area contributed by atoms with Crippen LogP contribution >= 0.6 is 0 Å². The van der Waals surface area contributed by atoms with Crippen LogP contribution in [-0.4, -0.2) is 16.6 Å². The van der Waals surface area contributed by atoms with Crippen LogP contribution < -0.4 is 11.1 Å². The summed E-state index contributed by atoms with van der Waals surface area (Å²) in [5.41, 5.74) is 9.23. The molecule has 1 aromatic heterocycles. The number of nitrogens with one attached hydrogen (secondary N) is 1. The molecule has 1 unspecified atom stereocenters. The highest BCUT2D eigenvalue weighted by Gasteiger charge is 2.09. The van der Waals surface area contributed by atoms with Crippen molar-refractivity contribution in [2.45, 2.75) is 6.10 Å². The van der Waals surface area contributed by atoms with Gasteiger partial charge in [-0.25, -0.2) is 0 Å². The number of benzene rings is 2. The Balaban J connectivity index is 1.81. The van der Waals surface area contributed by atoms with E-state index in [1.54, 1.807) is 6.20 Å². The molecule has 0 bridgehead atoms. The average molecular weight is 279 g/mol. The number of rotatable bonds is 4. The van der Waals surface area contributed by atoms with Crippen molar-refractivity contribution in [3.8, 4) is 0 Å². The summed E-state index contributed by atoms with van der Waals surface area (Å²) in [6, 6.07) is 17.1. The van der Waals surface area contributed by atoms with Gasteiger partial charge in [-0.1, -0.05) is 30.3 Å². The van der Waals surface area contributed by atoms with E-state index in [4.69, 9.17) is 5.73 Å². The van der Waals surface area contributed by atoms with Gasteiger partial charge in [0.05, 0.1) is 17.3 Å². The van der Waals surface area contributed by atoms with Gasteiger partial charge in [-0.15, -0.1) is 0 Å². The summed E-state index contributed by atoms with van der Waals surface area (Å²) in [7, 11) is 0. The van der Waals surface area contributed by atoms with Crippen molar-refractivity contribution in [1.82, 2.24) is 4.98 Å². The zero-order chi connectivity index (χ0) is 14.7. The van der Waals surface area contributed by atoms with Gasteiger partial charge in [0.2, 0.25) is 0 Å². The van der Waals surface area contributed by atoms with Crippen molar-refractivity contribution in [1.29, 1.82) is 0 Å². The highest BCUT2D eigenvalue weighted by Crippen LogP contribution is 2.26. The SMILES string of the molecule is Nc1ccc(NCC(O)c2ccccc2)c2ncccc12. The lowest BCUT2D eigenvalue weighted by molar-refractivity contribution is 0.191. The third-order valence-electron chi connectivity index (χ3n) is 3.47. The smallest absolute Gasteiger partial charge is 0.0962 e. The van der Waals surface area contributed by atoms with Gasteiger partial charge < -0.3 is 16.2 Å². The van der Waals surface area contributed by atoms with Crippen LogP contribution in [0.5, 0.6) is 0 Å². The predicted molar refractivity (Wildman–Crippen MR) is 86.0 cm³/mol. The number of aliphatic hydroxyl groups excluding tert-OH is 1. The fraction of sp³-hybridized carbons (Fsp3) is 0.118. The Kier molecular flexibility index (Phi) is 3.71. The maximum absolute atomic E-state index is 10.2. The summed E-state index contributed by atoms with van der Waals surface area (Å²) < 4.78 is 0. The topological polar surface area (TPSA) is 71.2 Å². The number of aliphatic hydroxyl groups is 1. The second kappa shape index (κ2) is 5.81. The molecule has 0 aliphatic carbocycles. The fourth-order valence-corrected chi connectivity index (χ4v) is 2.34. The Morgan fingerprint density at radius 1 is 1.05 bits per heavy atom. The molecular formula is C17H17N3O. The number of hydrogen-bond donors (Lipinski definition) is 3. The summed E-state index contributed by atoms with van der Waals surface area (Å²) in [5, 5.41) is 14.4. The maximum atomic E-state index is 10.2. The first-order chi connectivity index (χ1) is 10.3. The fourth-order valence-electron chi connectivity index (χ4n) is 2.34. The minimum absolute atomic E-state index is 0.416. The van der Waals surface area contributed by atoms with E-state index in [1.165, 1.54) is 0 Å². The molecule has 21 heavy (non-hydrogen) atoms. The summed E-state index contributed by atoms with van der Waals surface area (Å²) in [5.74, 6) is 0. The summed E-state index contributed by atoms with van der Waals surface area (Å²) in [4.78, 5) is 4.37. The quantitative estimate of drug-likeness (QED) is 0.642. The zero-order valence-electron chi connectivity index (χ0n) is 11.5. The van der Waals surface area contributed by atoms with Crippen LogP contribution in [0.25, 0.3) is 10.9 Å². The third kappa shape index (κ3) is 2.80. The van der Waals surface area contributed by atoms with Crippen molar-refractivity contribution in [3.63, 3.8) is 0 Å². The molecule has 0 aliphatic heterocycles. The van der Waals surface area contributed by atoms with Gasteiger partial charge >= 0.3 is 0 Å². The van der Waals surface area contributed by atoms with Gasteiger partial charge in [0, 0.05) is 23.8 Å². The molecule has 0 fully saturated rings. The van der Waals surface area contributed by atoms with Gasteiger partial charge in [-0.2, -0.15) is 0 Å². The number of anilines is 2. The Hall–Kier alpha value is -2.59. The molecule has 0 spiro atoms. The van der Waals surface area contributed by atoms with Crippen LogP contribution in [0, 0.1) is 0 Å². The molecular weight excluding hydrogens is 262 g/mol. The van der Waals surface area contributed by atoms with E-state index in [9.17, 15) is 5.11 Å². The van der Waals surface area contributed by atoms with Crippen LogP contribution in [0.2, 0.25) is 0 Å². The molecule has 106 valence electrons. The Bertz CT molecular complexity index is 743. The lowest BCUT2D eigenvalue weighted by Crippen LogP contribution is -2.12. The molecule has 4 nitrogen and oxygen atoms in total. The Morgan fingerprint density at radius 3 is 2.67 bits per heavy atom. The summed E-state index contributed by atoms with van der Waals surface area (Å²) in [6.07, 6.45) is 1.17. The number of fused-ring (bicyclic) bond motifs is 1. The molecule has 4 heteroatoms.